The van der Waals surface area contributed by atoms with Crippen LogP contribution in [0.15, 0.2) is 24.3 Å². The topological polar surface area (TPSA) is 41.1 Å². The molecule has 0 saturated heterocycles. The van der Waals surface area contributed by atoms with Gasteiger partial charge in [0.25, 0.3) is 0 Å². The fourth-order valence-electron chi connectivity index (χ4n) is 2.93. The first-order valence-corrected chi connectivity index (χ1v) is 7.30. The van der Waals surface area contributed by atoms with Gasteiger partial charge in [-0.3, -0.25) is 4.79 Å². The van der Waals surface area contributed by atoms with E-state index in [-0.39, 0.29) is 30.2 Å². The Bertz CT molecular complexity index is 475. The molecule has 0 radical (unpaired) electrons. The summed E-state index contributed by atoms with van der Waals surface area (Å²) in [5.74, 6) is -0.243. The number of amides is 1. The zero-order valence-electron chi connectivity index (χ0n) is 12.6. The van der Waals surface area contributed by atoms with Gasteiger partial charge < -0.3 is 10.6 Å². The molecule has 1 aliphatic rings. The smallest absolute Gasteiger partial charge is 0.230 e. The van der Waals surface area contributed by atoms with Crippen molar-refractivity contribution in [3.63, 3.8) is 0 Å². The maximum absolute atomic E-state index is 13.5. The second kappa shape index (κ2) is 7.76. The van der Waals surface area contributed by atoms with Crippen LogP contribution in [0, 0.1) is 5.82 Å². The number of likely N-dealkylation sites (N-methyl/N-ethyl adjacent to an activating group) is 1. The third-order valence-corrected chi connectivity index (χ3v) is 4.33. The predicted octanol–water partition coefficient (Wildman–Crippen LogP) is 2.78. The van der Waals surface area contributed by atoms with Crippen molar-refractivity contribution in [1.29, 1.82) is 0 Å². The summed E-state index contributed by atoms with van der Waals surface area (Å²) < 4.78 is 13.5. The van der Waals surface area contributed by atoms with Crippen molar-refractivity contribution in [2.45, 2.75) is 44.1 Å². The number of rotatable bonds is 5. The van der Waals surface area contributed by atoms with E-state index in [0.29, 0.717) is 6.54 Å². The van der Waals surface area contributed by atoms with Gasteiger partial charge in [0.1, 0.15) is 5.82 Å². The van der Waals surface area contributed by atoms with E-state index >= 15 is 0 Å². The standard InChI is InChI=1S/C16H23FN2O.ClH/c1-12(18-2)11-19-15(20)16(8-3-4-9-16)13-6-5-7-14(17)10-13;/h5-7,10,12,18H,3-4,8-9,11H2,1-2H3,(H,19,20);1H. The van der Waals surface area contributed by atoms with E-state index in [9.17, 15) is 9.18 Å². The van der Waals surface area contributed by atoms with E-state index in [1.54, 1.807) is 6.07 Å². The third-order valence-electron chi connectivity index (χ3n) is 4.33. The van der Waals surface area contributed by atoms with Gasteiger partial charge in [0.05, 0.1) is 5.41 Å². The van der Waals surface area contributed by atoms with Crippen LogP contribution in [0.3, 0.4) is 0 Å². The molecule has 0 aliphatic heterocycles. The highest BCUT2D eigenvalue weighted by atomic mass is 35.5. The molecule has 118 valence electrons. The Morgan fingerprint density at radius 2 is 2.05 bits per heavy atom. The van der Waals surface area contributed by atoms with Crippen LogP contribution in [0.25, 0.3) is 0 Å². The quantitative estimate of drug-likeness (QED) is 0.877. The highest BCUT2D eigenvalue weighted by Gasteiger charge is 2.42. The van der Waals surface area contributed by atoms with Gasteiger partial charge in [0, 0.05) is 12.6 Å². The lowest BCUT2D eigenvalue weighted by Crippen LogP contribution is -2.46. The predicted molar refractivity (Wildman–Crippen MR) is 85.3 cm³/mol. The molecule has 1 aromatic rings. The number of benzene rings is 1. The maximum atomic E-state index is 13.5. The third kappa shape index (κ3) is 3.95. The molecule has 1 saturated carbocycles. The van der Waals surface area contributed by atoms with Crippen molar-refractivity contribution in [1.82, 2.24) is 10.6 Å². The maximum Gasteiger partial charge on any atom is 0.230 e. The lowest BCUT2D eigenvalue weighted by Gasteiger charge is -2.29. The van der Waals surface area contributed by atoms with Gasteiger partial charge in [-0.2, -0.15) is 0 Å². The minimum absolute atomic E-state index is 0. The van der Waals surface area contributed by atoms with Gasteiger partial charge in [-0.1, -0.05) is 25.0 Å². The largest absolute Gasteiger partial charge is 0.354 e. The van der Waals surface area contributed by atoms with E-state index in [4.69, 9.17) is 0 Å². The Kier molecular flexibility index (Phi) is 6.62. The number of nitrogens with one attached hydrogen (secondary N) is 2. The first kappa shape index (κ1) is 17.9. The van der Waals surface area contributed by atoms with Gasteiger partial charge in [-0.25, -0.2) is 4.39 Å². The average Bonchev–Trinajstić information content (AvgIpc) is 2.95. The lowest BCUT2D eigenvalue weighted by molar-refractivity contribution is -0.126. The van der Waals surface area contributed by atoms with E-state index in [0.717, 1.165) is 31.2 Å². The molecule has 1 amide bonds. The first-order chi connectivity index (χ1) is 9.58. The normalized spacial score (nSPS) is 17.9. The van der Waals surface area contributed by atoms with Gasteiger partial charge in [-0.15, -0.1) is 12.4 Å². The molecule has 2 N–H and O–H groups in total. The molecule has 1 aliphatic carbocycles. The molecule has 21 heavy (non-hydrogen) atoms. The Balaban J connectivity index is 0.00000220. The minimum atomic E-state index is -0.546. The summed E-state index contributed by atoms with van der Waals surface area (Å²) in [5, 5.41) is 6.11. The van der Waals surface area contributed by atoms with Crippen LogP contribution in [0.5, 0.6) is 0 Å². The molecule has 3 nitrogen and oxygen atoms in total. The summed E-state index contributed by atoms with van der Waals surface area (Å²) in [4.78, 5) is 12.6. The average molecular weight is 315 g/mol. The number of hydrogen-bond donors (Lipinski definition) is 2. The summed E-state index contributed by atoms with van der Waals surface area (Å²) in [5.41, 5.74) is 0.264. The Labute approximate surface area is 132 Å². The zero-order valence-corrected chi connectivity index (χ0v) is 13.4. The highest BCUT2D eigenvalue weighted by Crippen LogP contribution is 2.41. The molecule has 0 bridgehead atoms. The monoisotopic (exact) mass is 314 g/mol. The summed E-state index contributed by atoms with van der Waals surface area (Å²) >= 11 is 0. The fraction of sp³-hybridized carbons (Fsp3) is 0.562. The number of carbonyl (C=O) groups excluding carboxylic acids is 1. The molecule has 0 heterocycles. The molecule has 1 atom stereocenters. The van der Waals surface area contributed by atoms with E-state index in [2.05, 4.69) is 10.6 Å². The van der Waals surface area contributed by atoms with Gasteiger partial charge >= 0.3 is 0 Å². The number of carbonyl (C=O) groups is 1. The Morgan fingerprint density at radius 3 is 2.62 bits per heavy atom. The van der Waals surface area contributed by atoms with Crippen LogP contribution >= 0.6 is 12.4 Å². The van der Waals surface area contributed by atoms with Crippen molar-refractivity contribution < 1.29 is 9.18 Å². The summed E-state index contributed by atoms with van der Waals surface area (Å²) in [6, 6.07) is 6.72. The zero-order chi connectivity index (χ0) is 14.6. The summed E-state index contributed by atoms with van der Waals surface area (Å²) in [6.07, 6.45) is 3.64. The molecular weight excluding hydrogens is 291 g/mol. The van der Waals surface area contributed by atoms with Crippen molar-refractivity contribution in [3.05, 3.63) is 35.6 Å². The summed E-state index contributed by atoms with van der Waals surface area (Å²) in [6.45, 7) is 2.61. The fourth-order valence-corrected chi connectivity index (χ4v) is 2.93. The van der Waals surface area contributed by atoms with Crippen LogP contribution in [0.4, 0.5) is 4.39 Å². The van der Waals surface area contributed by atoms with Gasteiger partial charge in [-0.05, 0) is 44.5 Å². The molecular formula is C16H24ClFN2O. The lowest BCUT2D eigenvalue weighted by atomic mass is 9.78. The van der Waals surface area contributed by atoms with E-state index in [1.807, 2.05) is 20.0 Å². The second-order valence-corrected chi connectivity index (χ2v) is 5.70. The molecule has 1 fully saturated rings. The minimum Gasteiger partial charge on any atom is -0.354 e. The number of hydrogen-bond acceptors (Lipinski definition) is 2. The number of halogens is 2. The summed E-state index contributed by atoms with van der Waals surface area (Å²) in [7, 11) is 1.87. The van der Waals surface area contributed by atoms with Crippen LogP contribution in [0.2, 0.25) is 0 Å². The van der Waals surface area contributed by atoms with Crippen LogP contribution in [0.1, 0.15) is 38.2 Å². The van der Waals surface area contributed by atoms with Gasteiger partial charge in [0.15, 0.2) is 0 Å². The molecule has 5 heteroatoms. The SMILES string of the molecule is CNC(C)CNC(=O)C1(c2cccc(F)c2)CCCC1.Cl. The molecule has 1 unspecified atom stereocenters. The van der Waals surface area contributed by atoms with Crippen LogP contribution in [-0.2, 0) is 10.2 Å². The molecule has 0 aromatic heterocycles. The van der Waals surface area contributed by atoms with Crippen molar-refractivity contribution >= 4 is 18.3 Å². The van der Waals surface area contributed by atoms with Crippen molar-refractivity contribution in [2.75, 3.05) is 13.6 Å². The Morgan fingerprint density at radius 1 is 1.38 bits per heavy atom. The van der Waals surface area contributed by atoms with Crippen molar-refractivity contribution in [2.24, 2.45) is 0 Å². The van der Waals surface area contributed by atoms with E-state index < -0.39 is 5.41 Å². The second-order valence-electron chi connectivity index (χ2n) is 5.70. The van der Waals surface area contributed by atoms with Gasteiger partial charge in [0.2, 0.25) is 5.91 Å². The first-order valence-electron chi connectivity index (χ1n) is 7.30. The van der Waals surface area contributed by atoms with E-state index in [1.165, 1.54) is 12.1 Å². The van der Waals surface area contributed by atoms with Crippen molar-refractivity contribution in [3.8, 4) is 0 Å². The molecule has 1 aromatic carbocycles. The van der Waals surface area contributed by atoms with Crippen LogP contribution < -0.4 is 10.6 Å². The molecule has 0 spiro atoms. The Hall–Kier alpha value is -1.13. The molecule has 2 rings (SSSR count). The highest BCUT2D eigenvalue weighted by molar-refractivity contribution is 5.88. The van der Waals surface area contributed by atoms with Crippen LogP contribution in [-0.4, -0.2) is 25.5 Å².